The predicted octanol–water partition coefficient (Wildman–Crippen LogP) is 4.73. The van der Waals surface area contributed by atoms with E-state index in [4.69, 9.17) is 9.47 Å². The smallest absolute Gasteiger partial charge is 0.224 e. The summed E-state index contributed by atoms with van der Waals surface area (Å²) in [6, 6.07) is 12.2. The number of anilines is 1. The summed E-state index contributed by atoms with van der Waals surface area (Å²) >= 11 is 0. The molecule has 0 aliphatic heterocycles. The van der Waals surface area contributed by atoms with Gasteiger partial charge in [0.15, 0.2) is 11.6 Å². The largest absolute Gasteiger partial charge is 0.494 e. The molecule has 1 N–H and O–H groups in total. The van der Waals surface area contributed by atoms with E-state index >= 15 is 0 Å². The zero-order chi connectivity index (χ0) is 18.4. The molecule has 2 aromatic carbocycles. The number of methoxy groups -OCH3 is 1. The van der Waals surface area contributed by atoms with Crippen molar-refractivity contribution in [3.8, 4) is 11.5 Å². The molecule has 1 saturated carbocycles. The zero-order valence-corrected chi connectivity index (χ0v) is 15.0. The van der Waals surface area contributed by atoms with Crippen molar-refractivity contribution in [3.63, 3.8) is 0 Å². The van der Waals surface area contributed by atoms with E-state index in [1.165, 1.54) is 26.0 Å². The average molecular weight is 357 g/mol. The molecule has 1 aliphatic carbocycles. The maximum absolute atomic E-state index is 13.7. The van der Waals surface area contributed by atoms with Gasteiger partial charge in [0.1, 0.15) is 5.75 Å². The van der Waals surface area contributed by atoms with Crippen LogP contribution in [-0.2, 0) is 11.2 Å². The van der Waals surface area contributed by atoms with Gasteiger partial charge in [0, 0.05) is 12.1 Å². The third-order valence-electron chi connectivity index (χ3n) is 4.60. The Kier molecular flexibility index (Phi) is 6.10. The van der Waals surface area contributed by atoms with Gasteiger partial charge in [-0.25, -0.2) is 4.39 Å². The van der Waals surface area contributed by atoms with Crippen LogP contribution in [0.3, 0.4) is 0 Å². The van der Waals surface area contributed by atoms with E-state index in [9.17, 15) is 9.18 Å². The Morgan fingerprint density at radius 2 is 1.88 bits per heavy atom. The monoisotopic (exact) mass is 357 g/mol. The number of carbonyl (C=O) groups is 1. The molecular weight excluding hydrogens is 333 g/mol. The molecule has 1 aliphatic rings. The summed E-state index contributed by atoms with van der Waals surface area (Å²) in [6.45, 7) is 0. The molecule has 0 aromatic heterocycles. The highest BCUT2D eigenvalue weighted by molar-refractivity contribution is 5.90. The van der Waals surface area contributed by atoms with Crippen LogP contribution in [0.1, 0.15) is 37.7 Å². The highest BCUT2D eigenvalue weighted by atomic mass is 19.1. The van der Waals surface area contributed by atoms with Crippen molar-refractivity contribution in [1.82, 2.24) is 0 Å². The molecule has 5 heteroatoms. The van der Waals surface area contributed by atoms with E-state index in [2.05, 4.69) is 5.32 Å². The molecule has 2 aromatic rings. The third kappa shape index (κ3) is 4.97. The number of halogens is 1. The van der Waals surface area contributed by atoms with Crippen molar-refractivity contribution >= 4 is 11.6 Å². The first-order valence-corrected chi connectivity index (χ1v) is 9.03. The Morgan fingerprint density at radius 3 is 2.54 bits per heavy atom. The average Bonchev–Trinajstić information content (AvgIpc) is 3.15. The summed E-state index contributed by atoms with van der Waals surface area (Å²) < 4.78 is 24.5. The number of hydrogen-bond acceptors (Lipinski definition) is 3. The van der Waals surface area contributed by atoms with E-state index in [-0.39, 0.29) is 18.1 Å². The lowest BCUT2D eigenvalue weighted by Gasteiger charge is -2.13. The van der Waals surface area contributed by atoms with Crippen LogP contribution < -0.4 is 14.8 Å². The molecule has 26 heavy (non-hydrogen) atoms. The Balaban J connectivity index is 1.47. The summed E-state index contributed by atoms with van der Waals surface area (Å²) in [5.74, 6) is 0.524. The zero-order valence-electron chi connectivity index (χ0n) is 15.0. The van der Waals surface area contributed by atoms with Gasteiger partial charge in [-0.1, -0.05) is 6.07 Å². The Hall–Kier alpha value is -2.56. The normalized spacial score (nSPS) is 14.2. The molecule has 138 valence electrons. The van der Waals surface area contributed by atoms with Gasteiger partial charge in [0.05, 0.1) is 13.2 Å². The number of benzene rings is 2. The molecule has 0 spiro atoms. The number of amides is 1. The molecule has 0 unspecified atom stereocenters. The highest BCUT2D eigenvalue weighted by Crippen LogP contribution is 2.25. The minimum Gasteiger partial charge on any atom is -0.494 e. The minimum absolute atomic E-state index is 0.106. The van der Waals surface area contributed by atoms with Crippen molar-refractivity contribution in [1.29, 1.82) is 0 Å². The summed E-state index contributed by atoms with van der Waals surface area (Å²) in [5, 5.41) is 2.86. The van der Waals surface area contributed by atoms with Gasteiger partial charge in [-0.2, -0.15) is 0 Å². The molecular formula is C21H24FNO3. The topological polar surface area (TPSA) is 47.6 Å². The van der Waals surface area contributed by atoms with Crippen molar-refractivity contribution in [2.24, 2.45) is 0 Å². The fourth-order valence-electron chi connectivity index (χ4n) is 3.16. The molecule has 4 nitrogen and oxygen atoms in total. The van der Waals surface area contributed by atoms with Gasteiger partial charge >= 0.3 is 0 Å². The van der Waals surface area contributed by atoms with Crippen LogP contribution in [0.25, 0.3) is 0 Å². The molecule has 3 rings (SSSR count). The first-order chi connectivity index (χ1) is 12.6. The van der Waals surface area contributed by atoms with Gasteiger partial charge in [0.25, 0.3) is 0 Å². The van der Waals surface area contributed by atoms with Crippen molar-refractivity contribution < 1.29 is 18.7 Å². The van der Waals surface area contributed by atoms with Crippen molar-refractivity contribution in [2.45, 2.75) is 44.6 Å². The summed E-state index contributed by atoms with van der Waals surface area (Å²) in [4.78, 5) is 12.1. The van der Waals surface area contributed by atoms with Crippen LogP contribution in [-0.4, -0.2) is 19.1 Å². The van der Waals surface area contributed by atoms with Crippen LogP contribution in [0, 0.1) is 5.82 Å². The molecule has 0 heterocycles. The van der Waals surface area contributed by atoms with E-state index in [1.807, 2.05) is 24.3 Å². The standard InChI is InChI=1S/C21H24FNO3/c1-25-20-12-6-15(14-19(20)22)7-13-21(24)23-16-8-10-18(11-9-16)26-17-4-2-3-5-17/h6,8-12,14,17H,2-5,7,13H2,1H3,(H,23,24). The second-order valence-electron chi connectivity index (χ2n) is 6.57. The fraction of sp³-hybridized carbons (Fsp3) is 0.381. The first-order valence-electron chi connectivity index (χ1n) is 9.03. The molecule has 0 saturated heterocycles. The summed E-state index contributed by atoms with van der Waals surface area (Å²) in [7, 11) is 1.43. The lowest BCUT2D eigenvalue weighted by Crippen LogP contribution is -2.13. The van der Waals surface area contributed by atoms with E-state index in [1.54, 1.807) is 12.1 Å². The van der Waals surface area contributed by atoms with Gasteiger partial charge < -0.3 is 14.8 Å². The lowest BCUT2D eigenvalue weighted by atomic mass is 10.1. The number of carbonyl (C=O) groups excluding carboxylic acids is 1. The van der Waals surface area contributed by atoms with Gasteiger partial charge in [-0.15, -0.1) is 0 Å². The molecule has 0 atom stereocenters. The SMILES string of the molecule is COc1ccc(CCC(=O)Nc2ccc(OC3CCCC3)cc2)cc1F. The number of aryl methyl sites for hydroxylation is 1. The van der Waals surface area contributed by atoms with Crippen LogP contribution in [0.5, 0.6) is 11.5 Å². The number of hydrogen-bond donors (Lipinski definition) is 1. The van der Waals surface area contributed by atoms with E-state index in [0.29, 0.717) is 12.5 Å². The van der Waals surface area contributed by atoms with Crippen LogP contribution in [0.4, 0.5) is 10.1 Å². The quantitative estimate of drug-likeness (QED) is 0.779. The Morgan fingerprint density at radius 1 is 1.15 bits per heavy atom. The minimum atomic E-state index is -0.414. The van der Waals surface area contributed by atoms with Crippen molar-refractivity contribution in [3.05, 3.63) is 53.8 Å². The second-order valence-corrected chi connectivity index (χ2v) is 6.57. The molecule has 1 amide bonds. The van der Waals surface area contributed by atoms with Gasteiger partial charge in [0.2, 0.25) is 5.91 Å². The molecule has 0 radical (unpaired) electrons. The predicted molar refractivity (Wildman–Crippen MR) is 99.2 cm³/mol. The van der Waals surface area contributed by atoms with Crippen molar-refractivity contribution in [2.75, 3.05) is 12.4 Å². The fourth-order valence-corrected chi connectivity index (χ4v) is 3.16. The van der Waals surface area contributed by atoms with E-state index in [0.717, 1.165) is 29.8 Å². The summed E-state index contributed by atoms with van der Waals surface area (Å²) in [6.07, 6.45) is 5.77. The Labute approximate surface area is 153 Å². The Bertz CT molecular complexity index is 739. The highest BCUT2D eigenvalue weighted by Gasteiger charge is 2.16. The first kappa shape index (κ1) is 18.2. The summed E-state index contributed by atoms with van der Waals surface area (Å²) in [5.41, 5.74) is 1.49. The van der Waals surface area contributed by atoms with Gasteiger partial charge in [-0.3, -0.25) is 4.79 Å². The third-order valence-corrected chi connectivity index (χ3v) is 4.60. The number of ether oxygens (including phenoxy) is 2. The molecule has 0 bridgehead atoms. The molecule has 1 fully saturated rings. The van der Waals surface area contributed by atoms with Gasteiger partial charge in [-0.05, 0) is 74.1 Å². The number of rotatable bonds is 7. The van der Waals surface area contributed by atoms with Crippen LogP contribution in [0.2, 0.25) is 0 Å². The lowest BCUT2D eigenvalue weighted by molar-refractivity contribution is -0.116. The van der Waals surface area contributed by atoms with Crippen LogP contribution in [0.15, 0.2) is 42.5 Å². The van der Waals surface area contributed by atoms with Crippen LogP contribution >= 0.6 is 0 Å². The maximum Gasteiger partial charge on any atom is 0.224 e. The van der Waals surface area contributed by atoms with E-state index < -0.39 is 5.82 Å². The maximum atomic E-state index is 13.7. The number of nitrogens with one attached hydrogen (secondary N) is 1. The second kappa shape index (κ2) is 8.70.